The summed E-state index contributed by atoms with van der Waals surface area (Å²) in [6.45, 7) is 1.93. The zero-order valence-electron chi connectivity index (χ0n) is 17.9. The van der Waals surface area contributed by atoms with Gasteiger partial charge >= 0.3 is 12.3 Å². The van der Waals surface area contributed by atoms with E-state index in [1.54, 1.807) is 23.6 Å². The Morgan fingerprint density at radius 1 is 1.00 bits per heavy atom. The quantitative estimate of drug-likeness (QED) is 0.330. The molecule has 3 aromatic carbocycles. The van der Waals surface area contributed by atoms with Crippen LogP contribution in [0, 0.1) is 6.92 Å². The predicted molar refractivity (Wildman–Crippen MR) is 126 cm³/mol. The molecule has 0 spiro atoms. The first-order valence-electron chi connectivity index (χ1n) is 10.5. The van der Waals surface area contributed by atoms with Crippen LogP contribution in [0.25, 0.3) is 22.0 Å². The van der Waals surface area contributed by atoms with Crippen molar-refractivity contribution in [3.63, 3.8) is 0 Å². The molecule has 1 aromatic heterocycles. The van der Waals surface area contributed by atoms with Crippen LogP contribution < -0.4 is 5.01 Å². The summed E-state index contributed by atoms with van der Waals surface area (Å²) in [5.41, 5.74) is -0.507. The van der Waals surface area contributed by atoms with Crippen molar-refractivity contribution in [1.82, 2.24) is 4.98 Å². The summed E-state index contributed by atoms with van der Waals surface area (Å²) in [6.07, 6.45) is -4.88. The van der Waals surface area contributed by atoms with Gasteiger partial charge in [0, 0.05) is 17.4 Å². The molecule has 5 rings (SSSR count). The van der Waals surface area contributed by atoms with Crippen molar-refractivity contribution in [2.24, 2.45) is 5.10 Å². The summed E-state index contributed by atoms with van der Waals surface area (Å²) in [7, 11) is 0. The van der Waals surface area contributed by atoms with Crippen molar-refractivity contribution in [3.8, 4) is 11.3 Å². The number of nitrogens with zero attached hydrogens (tertiary/aromatic N) is 3. The Balaban J connectivity index is 1.59. The van der Waals surface area contributed by atoms with E-state index < -0.39 is 24.5 Å². The largest absolute Gasteiger partial charge is 0.364 e. The molecule has 1 aliphatic heterocycles. The average molecular weight is 486 g/mol. The summed E-state index contributed by atoms with van der Waals surface area (Å²) in [5, 5.41) is 19.0. The minimum Gasteiger partial charge on any atom is -0.364 e. The molecule has 0 saturated heterocycles. The Bertz CT molecular complexity index is 1390. The number of aliphatic hydroxyl groups is 1. The molecule has 0 unspecified atom stereocenters. The Kier molecular flexibility index (Phi) is 5.41. The molecule has 0 saturated carbocycles. The molecule has 2 heterocycles. The van der Waals surface area contributed by atoms with Crippen LogP contribution in [0.1, 0.15) is 17.5 Å². The lowest BCUT2D eigenvalue weighted by Crippen LogP contribution is -2.60. The Hall–Kier alpha value is -3.30. The fourth-order valence-corrected chi connectivity index (χ4v) is 4.78. The molecule has 0 amide bonds. The van der Waals surface area contributed by atoms with Crippen LogP contribution in [0.5, 0.6) is 0 Å². The molecule has 0 fully saturated rings. The third-order valence-corrected chi connectivity index (χ3v) is 6.71. The lowest BCUT2D eigenvalue weighted by molar-refractivity contribution is -0.237. The van der Waals surface area contributed by atoms with Gasteiger partial charge < -0.3 is 5.11 Å². The van der Waals surface area contributed by atoms with Gasteiger partial charge in [-0.15, -0.1) is 11.3 Å². The van der Waals surface area contributed by atoms with E-state index in [-0.39, 0.29) is 10.8 Å². The van der Waals surface area contributed by atoms with E-state index in [9.17, 15) is 22.7 Å². The van der Waals surface area contributed by atoms with E-state index in [1.165, 1.54) is 0 Å². The second-order valence-electron chi connectivity index (χ2n) is 8.22. The highest BCUT2D eigenvalue weighted by molar-refractivity contribution is 7.14. The van der Waals surface area contributed by atoms with Gasteiger partial charge in [0.25, 0.3) is 0 Å². The second-order valence-corrected chi connectivity index (χ2v) is 9.06. The number of hydrogen-bond donors (Lipinski definition) is 1. The van der Waals surface area contributed by atoms with E-state index in [4.69, 9.17) is 0 Å². The molecule has 1 aliphatic rings. The van der Waals surface area contributed by atoms with Crippen LogP contribution in [0.15, 0.2) is 77.2 Å². The topological polar surface area (TPSA) is 48.7 Å². The number of thiazole rings is 1. The molecule has 0 aliphatic carbocycles. The third-order valence-electron chi connectivity index (χ3n) is 5.90. The molecule has 0 bridgehead atoms. The Morgan fingerprint density at radius 3 is 2.38 bits per heavy atom. The first-order chi connectivity index (χ1) is 16.2. The van der Waals surface area contributed by atoms with Gasteiger partial charge in [-0.1, -0.05) is 66.2 Å². The molecule has 4 nitrogen and oxygen atoms in total. The lowest BCUT2D eigenvalue weighted by Gasteiger charge is -2.36. The van der Waals surface area contributed by atoms with Gasteiger partial charge in [0.1, 0.15) is 0 Å². The van der Waals surface area contributed by atoms with Crippen LogP contribution in [-0.2, 0) is 0 Å². The smallest absolute Gasteiger partial charge is 0.355 e. The fraction of sp³-hybridized carbons (Fsp3) is 0.200. The molecule has 1 N–H and O–H groups in total. The summed E-state index contributed by atoms with van der Waals surface area (Å²) < 4.78 is 56.4. The third kappa shape index (κ3) is 3.65. The van der Waals surface area contributed by atoms with Crippen molar-refractivity contribution in [1.29, 1.82) is 0 Å². The SMILES string of the molecule is Cc1ccc(-c2csc(N3N=C(c4ccc5ccccc5c4)C[C@]3(O)C(F)(F)C(F)F)n2)cc1. The van der Waals surface area contributed by atoms with Crippen LogP contribution in [0.4, 0.5) is 22.7 Å². The number of rotatable bonds is 5. The number of fused-ring (bicyclic) bond motifs is 1. The molecule has 9 heteroatoms. The van der Waals surface area contributed by atoms with E-state index in [2.05, 4.69) is 10.1 Å². The number of benzene rings is 3. The highest BCUT2D eigenvalue weighted by atomic mass is 32.1. The highest BCUT2D eigenvalue weighted by Crippen LogP contribution is 2.47. The fourth-order valence-electron chi connectivity index (χ4n) is 3.93. The van der Waals surface area contributed by atoms with Crippen LogP contribution in [0.2, 0.25) is 0 Å². The number of aromatic nitrogens is 1. The number of halogens is 4. The standard InChI is InChI=1S/C25H19F4N3OS/c1-15-6-8-17(9-7-15)21-14-34-23(30-21)32-24(33,25(28,29)22(26)27)13-20(31-32)19-11-10-16-4-2-3-5-18(16)12-19/h2-12,14,22,33H,13H2,1H3/t24-/m0/s1. The minimum absolute atomic E-state index is 0.0701. The summed E-state index contributed by atoms with van der Waals surface area (Å²) in [5.74, 6) is -4.76. The zero-order valence-corrected chi connectivity index (χ0v) is 18.7. The lowest BCUT2D eigenvalue weighted by atomic mass is 9.95. The van der Waals surface area contributed by atoms with E-state index in [0.29, 0.717) is 16.3 Å². The molecular weight excluding hydrogens is 466 g/mol. The molecular formula is C25H19F4N3OS. The number of alkyl halides is 4. The average Bonchev–Trinajstić information content (AvgIpc) is 3.45. The molecule has 174 valence electrons. The van der Waals surface area contributed by atoms with Crippen molar-refractivity contribution < 1.29 is 22.7 Å². The van der Waals surface area contributed by atoms with Gasteiger partial charge in [0.05, 0.1) is 11.4 Å². The number of aryl methyl sites for hydroxylation is 1. The number of anilines is 1. The van der Waals surface area contributed by atoms with Gasteiger partial charge in [-0.25, -0.2) is 13.8 Å². The summed E-state index contributed by atoms with van der Waals surface area (Å²) >= 11 is 0.945. The first-order valence-corrected chi connectivity index (χ1v) is 11.3. The highest BCUT2D eigenvalue weighted by Gasteiger charge is 2.66. The van der Waals surface area contributed by atoms with Gasteiger partial charge in [-0.3, -0.25) is 0 Å². The number of hydrogen-bond acceptors (Lipinski definition) is 5. The Morgan fingerprint density at radius 2 is 1.68 bits per heavy atom. The maximum Gasteiger partial charge on any atom is 0.355 e. The summed E-state index contributed by atoms with van der Waals surface area (Å²) in [6, 6.07) is 20.0. The van der Waals surface area contributed by atoms with Crippen molar-refractivity contribution in [3.05, 3.63) is 83.2 Å². The maximum atomic E-state index is 14.7. The Labute approximate surface area is 196 Å². The normalized spacial score (nSPS) is 18.7. The van der Waals surface area contributed by atoms with E-state index in [1.807, 2.05) is 55.5 Å². The monoisotopic (exact) mass is 485 g/mol. The predicted octanol–water partition coefficient (Wildman–Crippen LogP) is 6.48. The molecule has 1 atom stereocenters. The maximum absolute atomic E-state index is 14.7. The van der Waals surface area contributed by atoms with Gasteiger partial charge in [-0.05, 0) is 29.3 Å². The van der Waals surface area contributed by atoms with Crippen LogP contribution in [-0.4, -0.2) is 33.9 Å². The van der Waals surface area contributed by atoms with Crippen molar-refractivity contribution in [2.75, 3.05) is 5.01 Å². The molecule has 4 aromatic rings. The van der Waals surface area contributed by atoms with Crippen molar-refractivity contribution in [2.45, 2.75) is 31.4 Å². The van der Waals surface area contributed by atoms with Gasteiger partial charge in [-0.2, -0.15) is 18.9 Å². The van der Waals surface area contributed by atoms with Crippen LogP contribution in [0.3, 0.4) is 0 Å². The molecule has 34 heavy (non-hydrogen) atoms. The van der Waals surface area contributed by atoms with Crippen molar-refractivity contribution >= 4 is 33.0 Å². The van der Waals surface area contributed by atoms with E-state index >= 15 is 0 Å². The van der Waals surface area contributed by atoms with Gasteiger partial charge in [0.15, 0.2) is 0 Å². The second kappa shape index (κ2) is 8.18. The zero-order chi connectivity index (χ0) is 24.1. The minimum atomic E-state index is -4.76. The van der Waals surface area contributed by atoms with Gasteiger partial charge in [0.2, 0.25) is 10.9 Å². The molecule has 0 radical (unpaired) electrons. The summed E-state index contributed by atoms with van der Waals surface area (Å²) in [4.78, 5) is 4.34. The van der Waals surface area contributed by atoms with Crippen LogP contribution >= 0.6 is 11.3 Å². The number of hydrazone groups is 1. The first kappa shape index (κ1) is 22.5. The van der Waals surface area contributed by atoms with E-state index in [0.717, 1.165) is 33.2 Å².